The zero-order valence-corrected chi connectivity index (χ0v) is 10.8. The van der Waals surface area contributed by atoms with E-state index >= 15 is 0 Å². The van der Waals surface area contributed by atoms with E-state index in [4.69, 9.17) is 5.73 Å². The third-order valence-electron chi connectivity index (χ3n) is 3.00. The fraction of sp³-hybridized carbons (Fsp3) is 0.500. The van der Waals surface area contributed by atoms with E-state index < -0.39 is 15.1 Å². The van der Waals surface area contributed by atoms with Crippen LogP contribution in [0.2, 0.25) is 0 Å². The van der Waals surface area contributed by atoms with Gasteiger partial charge in [-0.2, -0.15) is 0 Å². The van der Waals surface area contributed by atoms with Crippen LogP contribution < -0.4 is 5.73 Å². The molecule has 0 saturated heterocycles. The van der Waals surface area contributed by atoms with Crippen LogP contribution in [-0.4, -0.2) is 26.0 Å². The lowest BCUT2D eigenvalue weighted by Crippen LogP contribution is -2.39. The van der Waals surface area contributed by atoms with Crippen LogP contribution in [0.25, 0.3) is 0 Å². The van der Waals surface area contributed by atoms with Crippen molar-refractivity contribution in [1.82, 2.24) is 0 Å². The Balaban J connectivity index is 2.80. The Morgan fingerprint density at radius 3 is 2.38 bits per heavy atom. The van der Waals surface area contributed by atoms with Crippen LogP contribution in [0.5, 0.6) is 0 Å². The molecule has 0 amide bonds. The molecule has 1 rings (SSSR count). The van der Waals surface area contributed by atoms with Crippen molar-refractivity contribution in [2.45, 2.75) is 31.6 Å². The highest BCUT2D eigenvalue weighted by molar-refractivity contribution is 7.91. The van der Waals surface area contributed by atoms with E-state index in [9.17, 15) is 8.42 Å². The molecule has 90 valence electrons. The third kappa shape index (κ3) is 3.32. The number of hydrogen-bond donors (Lipinski definition) is 1. The molecule has 0 spiro atoms. The van der Waals surface area contributed by atoms with Gasteiger partial charge in [0.1, 0.15) is 0 Å². The molecule has 1 aromatic rings. The van der Waals surface area contributed by atoms with E-state index in [2.05, 4.69) is 0 Å². The minimum Gasteiger partial charge on any atom is -0.326 e. The highest BCUT2D eigenvalue weighted by atomic mass is 32.2. The molecule has 0 aliphatic heterocycles. The van der Waals surface area contributed by atoms with Crippen LogP contribution in [0.3, 0.4) is 0 Å². The third-order valence-corrected chi connectivity index (χ3v) is 4.70. The van der Waals surface area contributed by atoms with Crippen LogP contribution in [0.15, 0.2) is 24.3 Å². The molecule has 2 atom stereocenters. The van der Waals surface area contributed by atoms with Gasteiger partial charge >= 0.3 is 0 Å². The largest absolute Gasteiger partial charge is 0.326 e. The summed E-state index contributed by atoms with van der Waals surface area (Å²) in [4.78, 5) is 0. The van der Waals surface area contributed by atoms with Crippen molar-refractivity contribution in [3.05, 3.63) is 35.4 Å². The van der Waals surface area contributed by atoms with E-state index in [1.165, 1.54) is 6.26 Å². The Morgan fingerprint density at radius 1 is 1.31 bits per heavy atom. The average molecular weight is 241 g/mol. The second kappa shape index (κ2) is 4.97. The molecule has 0 aliphatic rings. The van der Waals surface area contributed by atoms with Crippen molar-refractivity contribution >= 4 is 9.84 Å². The summed E-state index contributed by atoms with van der Waals surface area (Å²) in [7, 11) is -3.06. The summed E-state index contributed by atoms with van der Waals surface area (Å²) in [5, 5.41) is -0.507. The molecule has 0 aromatic heterocycles. The summed E-state index contributed by atoms with van der Waals surface area (Å²) in [6.45, 7) is 3.67. The summed E-state index contributed by atoms with van der Waals surface area (Å²) >= 11 is 0. The normalized spacial score (nSPS) is 15.8. The fourth-order valence-electron chi connectivity index (χ4n) is 1.58. The number of benzene rings is 1. The monoisotopic (exact) mass is 241 g/mol. The molecule has 0 fully saturated rings. The molecule has 0 radical (unpaired) electrons. The predicted octanol–water partition coefficient (Wildman–Crippen LogP) is 1.30. The van der Waals surface area contributed by atoms with E-state index in [-0.39, 0.29) is 6.04 Å². The Bertz CT molecular complexity index is 454. The second-order valence-corrected chi connectivity index (χ2v) is 6.73. The predicted molar refractivity (Wildman–Crippen MR) is 67.2 cm³/mol. The van der Waals surface area contributed by atoms with Crippen molar-refractivity contribution in [3.8, 4) is 0 Å². The smallest absolute Gasteiger partial charge is 0.151 e. The number of aryl methyl sites for hydroxylation is 1. The second-order valence-electron chi connectivity index (χ2n) is 4.33. The summed E-state index contributed by atoms with van der Waals surface area (Å²) in [6, 6.07) is 7.55. The Kier molecular flexibility index (Phi) is 4.10. The van der Waals surface area contributed by atoms with E-state index in [0.717, 1.165) is 11.1 Å². The molecular formula is C12H19NO2S. The molecule has 2 N–H and O–H groups in total. The van der Waals surface area contributed by atoms with Gasteiger partial charge in [-0.05, 0) is 31.4 Å². The fourth-order valence-corrected chi connectivity index (χ4v) is 2.31. The van der Waals surface area contributed by atoms with Crippen LogP contribution in [0.4, 0.5) is 0 Å². The van der Waals surface area contributed by atoms with Crippen molar-refractivity contribution in [3.63, 3.8) is 0 Å². The lowest BCUT2D eigenvalue weighted by Gasteiger charge is -2.19. The molecule has 4 heteroatoms. The number of nitrogens with two attached hydrogens (primary N) is 1. The lowest BCUT2D eigenvalue weighted by molar-refractivity contribution is 0.561. The maximum Gasteiger partial charge on any atom is 0.151 e. The van der Waals surface area contributed by atoms with Gasteiger partial charge in [-0.1, -0.05) is 24.3 Å². The zero-order chi connectivity index (χ0) is 12.3. The van der Waals surface area contributed by atoms with E-state index in [1.54, 1.807) is 6.92 Å². The molecule has 0 saturated carbocycles. The summed E-state index contributed by atoms with van der Waals surface area (Å²) in [6.07, 6.45) is 1.83. The van der Waals surface area contributed by atoms with Gasteiger partial charge in [0.05, 0.1) is 5.25 Å². The SMILES string of the molecule is Cc1ccccc1CC(N)C(C)S(C)(=O)=O. The molecule has 16 heavy (non-hydrogen) atoms. The molecular weight excluding hydrogens is 222 g/mol. The molecule has 0 heterocycles. The number of rotatable bonds is 4. The van der Waals surface area contributed by atoms with E-state index in [0.29, 0.717) is 6.42 Å². The highest BCUT2D eigenvalue weighted by Gasteiger charge is 2.23. The Hall–Kier alpha value is -0.870. The van der Waals surface area contributed by atoms with Gasteiger partial charge in [-0.15, -0.1) is 0 Å². The van der Waals surface area contributed by atoms with Gasteiger partial charge in [-0.25, -0.2) is 8.42 Å². The summed E-state index contributed by atoms with van der Waals surface area (Å²) in [5.74, 6) is 0. The Labute approximate surface area is 97.6 Å². The van der Waals surface area contributed by atoms with Gasteiger partial charge in [0.15, 0.2) is 9.84 Å². The van der Waals surface area contributed by atoms with Crippen molar-refractivity contribution in [2.75, 3.05) is 6.26 Å². The standard InChI is InChI=1S/C12H19NO2S/c1-9-6-4-5-7-11(9)8-12(13)10(2)16(3,14)15/h4-7,10,12H,8,13H2,1-3H3. The molecule has 0 bridgehead atoms. The topological polar surface area (TPSA) is 60.2 Å². The maximum absolute atomic E-state index is 11.4. The van der Waals surface area contributed by atoms with Crippen LogP contribution >= 0.6 is 0 Å². The molecule has 3 nitrogen and oxygen atoms in total. The molecule has 0 aliphatic carbocycles. The summed E-state index contributed by atoms with van der Waals surface area (Å²) < 4.78 is 22.7. The Morgan fingerprint density at radius 2 is 1.88 bits per heavy atom. The minimum atomic E-state index is -3.06. The minimum absolute atomic E-state index is 0.351. The number of hydrogen-bond acceptors (Lipinski definition) is 3. The summed E-state index contributed by atoms with van der Waals surface area (Å²) in [5.41, 5.74) is 8.19. The molecule has 2 unspecified atom stereocenters. The van der Waals surface area contributed by atoms with Gasteiger partial charge in [0, 0.05) is 12.3 Å². The maximum atomic E-state index is 11.4. The van der Waals surface area contributed by atoms with Gasteiger partial charge in [-0.3, -0.25) is 0 Å². The highest BCUT2D eigenvalue weighted by Crippen LogP contribution is 2.13. The van der Waals surface area contributed by atoms with Gasteiger partial charge < -0.3 is 5.73 Å². The molecule has 1 aromatic carbocycles. The lowest BCUT2D eigenvalue weighted by atomic mass is 10.0. The first kappa shape index (κ1) is 13.2. The van der Waals surface area contributed by atoms with E-state index in [1.807, 2.05) is 31.2 Å². The first-order chi connectivity index (χ1) is 7.32. The zero-order valence-electron chi connectivity index (χ0n) is 9.97. The van der Waals surface area contributed by atoms with Gasteiger partial charge in [0.25, 0.3) is 0 Å². The van der Waals surface area contributed by atoms with Crippen LogP contribution in [-0.2, 0) is 16.3 Å². The quantitative estimate of drug-likeness (QED) is 0.864. The first-order valence-electron chi connectivity index (χ1n) is 5.31. The first-order valence-corrected chi connectivity index (χ1v) is 7.27. The number of sulfone groups is 1. The average Bonchev–Trinajstić information content (AvgIpc) is 2.19. The van der Waals surface area contributed by atoms with Crippen molar-refractivity contribution in [1.29, 1.82) is 0 Å². The van der Waals surface area contributed by atoms with Crippen LogP contribution in [0.1, 0.15) is 18.1 Å². The van der Waals surface area contributed by atoms with Crippen LogP contribution in [0, 0.1) is 6.92 Å². The van der Waals surface area contributed by atoms with Crippen molar-refractivity contribution in [2.24, 2.45) is 5.73 Å². The van der Waals surface area contributed by atoms with Gasteiger partial charge in [0.2, 0.25) is 0 Å². The van der Waals surface area contributed by atoms with Crippen molar-refractivity contribution < 1.29 is 8.42 Å².